The summed E-state index contributed by atoms with van der Waals surface area (Å²) in [5, 5.41) is 12.3. The Labute approximate surface area is 201 Å². The van der Waals surface area contributed by atoms with Crippen LogP contribution in [0.25, 0.3) is 0 Å². The summed E-state index contributed by atoms with van der Waals surface area (Å²) in [6, 6.07) is 8.16. The van der Waals surface area contributed by atoms with Crippen molar-refractivity contribution >= 4 is 41.5 Å². The zero-order chi connectivity index (χ0) is 20.9. The molecule has 1 fully saturated rings. The van der Waals surface area contributed by atoms with Crippen LogP contribution >= 0.6 is 35.6 Å². The first-order valence-electron chi connectivity index (χ1n) is 10.3. The lowest BCUT2D eigenvalue weighted by atomic mass is 9.74. The van der Waals surface area contributed by atoms with E-state index in [9.17, 15) is 0 Å². The average Bonchev–Trinajstić information content (AvgIpc) is 2.96. The van der Waals surface area contributed by atoms with Gasteiger partial charge >= 0.3 is 0 Å². The molecule has 0 bridgehead atoms. The number of guanidine groups is 1. The van der Waals surface area contributed by atoms with E-state index >= 15 is 0 Å². The number of benzene rings is 1. The van der Waals surface area contributed by atoms with Gasteiger partial charge in [-0.05, 0) is 45.2 Å². The van der Waals surface area contributed by atoms with Crippen LogP contribution in [0.2, 0.25) is 5.02 Å². The maximum atomic E-state index is 6.58. The summed E-state index contributed by atoms with van der Waals surface area (Å²) < 4.78 is 7.56. The second kappa shape index (κ2) is 11.3. The predicted octanol–water partition coefficient (Wildman–Crippen LogP) is 4.11. The van der Waals surface area contributed by atoms with Crippen LogP contribution in [0.1, 0.15) is 42.3 Å². The van der Waals surface area contributed by atoms with Crippen LogP contribution in [0, 0.1) is 13.8 Å². The van der Waals surface area contributed by atoms with E-state index in [0.29, 0.717) is 6.54 Å². The lowest BCUT2D eigenvalue weighted by Gasteiger charge is -2.38. The summed E-state index contributed by atoms with van der Waals surface area (Å²) in [6.07, 6.45) is 1.87. The van der Waals surface area contributed by atoms with Gasteiger partial charge in [-0.1, -0.05) is 29.8 Å². The van der Waals surface area contributed by atoms with Crippen molar-refractivity contribution in [1.82, 2.24) is 20.4 Å². The number of aliphatic imine (C=N–C) groups is 1. The topological polar surface area (TPSA) is 63.5 Å². The quantitative estimate of drug-likeness (QED) is 0.326. The Kier molecular flexibility index (Phi) is 9.43. The number of hydrogen-bond donors (Lipinski definition) is 2. The number of nitrogens with one attached hydrogen (secondary N) is 2. The maximum Gasteiger partial charge on any atom is 0.191 e. The van der Waals surface area contributed by atoms with Crippen molar-refractivity contribution in [3.8, 4) is 0 Å². The number of halogens is 2. The van der Waals surface area contributed by atoms with Crippen molar-refractivity contribution in [3.63, 3.8) is 0 Å². The molecule has 8 heteroatoms. The number of ether oxygens (including phenoxy) is 1. The normalized spacial score (nSPS) is 16.1. The number of nitrogens with zero attached hydrogens (tertiary/aromatic N) is 3. The largest absolute Gasteiger partial charge is 0.381 e. The molecule has 1 aromatic heterocycles. The van der Waals surface area contributed by atoms with E-state index in [2.05, 4.69) is 41.7 Å². The minimum atomic E-state index is -0.0626. The molecule has 1 aliphatic rings. The lowest BCUT2D eigenvalue weighted by Crippen LogP contribution is -2.48. The van der Waals surface area contributed by atoms with Gasteiger partial charge in [0.15, 0.2) is 5.96 Å². The van der Waals surface area contributed by atoms with E-state index in [1.165, 1.54) is 11.1 Å². The minimum Gasteiger partial charge on any atom is -0.381 e. The number of hydrogen-bond acceptors (Lipinski definition) is 3. The fraction of sp³-hybridized carbons (Fsp3) is 0.545. The van der Waals surface area contributed by atoms with Gasteiger partial charge in [0.2, 0.25) is 0 Å². The Hall–Kier alpha value is -1.32. The monoisotopic (exact) mass is 545 g/mol. The van der Waals surface area contributed by atoms with Crippen molar-refractivity contribution < 1.29 is 4.74 Å². The highest BCUT2D eigenvalue weighted by atomic mass is 127. The Morgan fingerprint density at radius 2 is 1.93 bits per heavy atom. The molecule has 3 rings (SSSR count). The highest BCUT2D eigenvalue weighted by molar-refractivity contribution is 14.0. The molecular formula is C22H33ClIN5O. The molecule has 166 valence electrons. The van der Waals surface area contributed by atoms with Crippen LogP contribution in [0.5, 0.6) is 0 Å². The van der Waals surface area contributed by atoms with Gasteiger partial charge in [0, 0.05) is 55.0 Å². The molecule has 0 aliphatic carbocycles. The fourth-order valence-corrected chi connectivity index (χ4v) is 4.33. The summed E-state index contributed by atoms with van der Waals surface area (Å²) >= 11 is 6.58. The predicted molar refractivity (Wildman–Crippen MR) is 134 cm³/mol. The molecule has 2 aromatic rings. The highest BCUT2D eigenvalue weighted by Crippen LogP contribution is 2.38. The summed E-state index contributed by atoms with van der Waals surface area (Å²) in [5.74, 6) is 0.813. The highest BCUT2D eigenvalue weighted by Gasteiger charge is 2.36. The first kappa shape index (κ1) is 24.9. The summed E-state index contributed by atoms with van der Waals surface area (Å²) in [6.45, 7) is 9.85. The zero-order valence-corrected chi connectivity index (χ0v) is 21.4. The van der Waals surface area contributed by atoms with Crippen molar-refractivity contribution in [3.05, 3.63) is 51.8 Å². The standard InChI is InChI=1S/C22H32ClN5O.HI/c1-5-24-21(25-14-18-16(2)27-28(4)17(18)3)26-15-22(10-12-29-13-11-22)19-8-6-7-9-20(19)23;/h6-9H,5,10-15H2,1-4H3,(H2,24,25,26);1H. The molecule has 0 radical (unpaired) electrons. The second-order valence-corrected chi connectivity index (χ2v) is 8.10. The van der Waals surface area contributed by atoms with Gasteiger partial charge in [-0.15, -0.1) is 24.0 Å². The van der Waals surface area contributed by atoms with Crippen molar-refractivity contribution in [2.24, 2.45) is 12.0 Å². The van der Waals surface area contributed by atoms with Crippen LogP contribution < -0.4 is 10.6 Å². The van der Waals surface area contributed by atoms with Crippen molar-refractivity contribution in [2.75, 3.05) is 26.3 Å². The van der Waals surface area contributed by atoms with Gasteiger partial charge in [0.1, 0.15) is 0 Å². The minimum absolute atomic E-state index is 0. The molecule has 6 nitrogen and oxygen atoms in total. The molecule has 1 saturated heterocycles. The molecular weight excluding hydrogens is 513 g/mol. The third kappa shape index (κ3) is 5.68. The first-order valence-corrected chi connectivity index (χ1v) is 10.7. The van der Waals surface area contributed by atoms with Gasteiger partial charge in [-0.2, -0.15) is 5.10 Å². The van der Waals surface area contributed by atoms with Gasteiger partial charge in [0.25, 0.3) is 0 Å². The van der Waals surface area contributed by atoms with E-state index in [-0.39, 0.29) is 29.4 Å². The smallest absolute Gasteiger partial charge is 0.191 e. The summed E-state index contributed by atoms with van der Waals surface area (Å²) in [7, 11) is 1.97. The Balaban J connectivity index is 0.00000320. The van der Waals surface area contributed by atoms with Crippen LogP contribution in [0.15, 0.2) is 29.3 Å². The van der Waals surface area contributed by atoms with Gasteiger partial charge in [-0.25, -0.2) is 4.99 Å². The molecule has 0 atom stereocenters. The zero-order valence-electron chi connectivity index (χ0n) is 18.3. The molecule has 2 N–H and O–H groups in total. The molecule has 1 aliphatic heterocycles. The third-order valence-corrected chi connectivity index (χ3v) is 6.22. The molecule has 0 amide bonds. The lowest BCUT2D eigenvalue weighted by molar-refractivity contribution is 0.0514. The molecule has 0 unspecified atom stereocenters. The average molecular weight is 546 g/mol. The Morgan fingerprint density at radius 1 is 1.23 bits per heavy atom. The molecule has 0 spiro atoms. The van der Waals surface area contributed by atoms with E-state index in [4.69, 9.17) is 21.3 Å². The molecule has 2 heterocycles. The Morgan fingerprint density at radius 3 is 2.53 bits per heavy atom. The third-order valence-electron chi connectivity index (χ3n) is 5.89. The fourth-order valence-electron chi connectivity index (χ4n) is 3.99. The maximum absolute atomic E-state index is 6.58. The number of aromatic nitrogens is 2. The Bertz CT molecular complexity index is 861. The summed E-state index contributed by atoms with van der Waals surface area (Å²) in [5.41, 5.74) is 4.48. The van der Waals surface area contributed by atoms with E-state index in [1.807, 2.05) is 30.8 Å². The van der Waals surface area contributed by atoms with Crippen molar-refractivity contribution in [2.45, 2.75) is 45.6 Å². The van der Waals surface area contributed by atoms with Gasteiger partial charge in [-0.3, -0.25) is 4.68 Å². The number of aryl methyl sites for hydroxylation is 2. The first-order chi connectivity index (χ1) is 14.0. The molecule has 30 heavy (non-hydrogen) atoms. The van der Waals surface area contributed by atoms with Crippen molar-refractivity contribution in [1.29, 1.82) is 0 Å². The molecule has 1 aromatic carbocycles. The second-order valence-electron chi connectivity index (χ2n) is 7.69. The van der Waals surface area contributed by atoms with E-state index in [1.54, 1.807) is 0 Å². The van der Waals surface area contributed by atoms with Crippen LogP contribution in [-0.4, -0.2) is 42.0 Å². The molecule has 0 saturated carbocycles. The number of rotatable bonds is 6. The van der Waals surface area contributed by atoms with Gasteiger partial charge in [0.05, 0.1) is 12.2 Å². The van der Waals surface area contributed by atoms with Gasteiger partial charge < -0.3 is 15.4 Å². The van der Waals surface area contributed by atoms with Crippen LogP contribution in [-0.2, 0) is 23.7 Å². The van der Waals surface area contributed by atoms with E-state index in [0.717, 1.165) is 61.5 Å². The summed E-state index contributed by atoms with van der Waals surface area (Å²) in [4.78, 5) is 4.83. The van der Waals surface area contributed by atoms with Crippen LogP contribution in [0.3, 0.4) is 0 Å². The van der Waals surface area contributed by atoms with E-state index < -0.39 is 0 Å². The van der Waals surface area contributed by atoms with Crippen LogP contribution in [0.4, 0.5) is 0 Å². The SMILES string of the molecule is CCNC(=NCc1c(C)nn(C)c1C)NCC1(c2ccccc2Cl)CCOCC1.I.